The SMILES string of the molecule is COc1ccc2nc(Nc3ccc4nc(C)[nH]c4c3)c3n[nH]cc3c2c1. The minimum Gasteiger partial charge on any atom is -0.497 e. The number of nitrogens with one attached hydrogen (secondary N) is 3. The van der Waals surface area contributed by atoms with E-state index in [1.54, 1.807) is 7.11 Å². The van der Waals surface area contributed by atoms with Crippen molar-refractivity contribution in [1.29, 1.82) is 0 Å². The first-order chi connectivity index (χ1) is 12.7. The van der Waals surface area contributed by atoms with Crippen molar-refractivity contribution in [2.24, 2.45) is 0 Å². The summed E-state index contributed by atoms with van der Waals surface area (Å²) in [6.45, 7) is 1.94. The Morgan fingerprint density at radius 2 is 1.88 bits per heavy atom. The molecule has 0 aliphatic rings. The molecule has 0 bridgehead atoms. The van der Waals surface area contributed by atoms with E-state index in [4.69, 9.17) is 9.72 Å². The summed E-state index contributed by atoms with van der Waals surface area (Å²) in [4.78, 5) is 12.4. The largest absolute Gasteiger partial charge is 0.497 e. The third-order valence-electron chi connectivity index (χ3n) is 4.45. The first-order valence-corrected chi connectivity index (χ1v) is 8.26. The summed E-state index contributed by atoms with van der Waals surface area (Å²) >= 11 is 0. The molecule has 0 saturated carbocycles. The highest BCUT2D eigenvalue weighted by atomic mass is 16.5. The summed E-state index contributed by atoms with van der Waals surface area (Å²) in [7, 11) is 1.66. The predicted octanol–water partition coefficient (Wildman–Crippen LogP) is 4.05. The molecule has 3 N–H and O–H groups in total. The molecule has 7 heteroatoms. The van der Waals surface area contributed by atoms with E-state index in [-0.39, 0.29) is 0 Å². The second-order valence-electron chi connectivity index (χ2n) is 6.17. The first kappa shape index (κ1) is 14.7. The molecule has 128 valence electrons. The Bertz CT molecular complexity index is 1270. The lowest BCUT2D eigenvalue weighted by molar-refractivity contribution is 0.415. The van der Waals surface area contributed by atoms with E-state index in [0.29, 0.717) is 5.82 Å². The van der Waals surface area contributed by atoms with E-state index in [9.17, 15) is 0 Å². The summed E-state index contributed by atoms with van der Waals surface area (Å²) in [5, 5.41) is 12.7. The van der Waals surface area contributed by atoms with Crippen LogP contribution in [0.25, 0.3) is 32.8 Å². The topological polar surface area (TPSA) is 91.5 Å². The van der Waals surface area contributed by atoms with Gasteiger partial charge in [0.1, 0.15) is 17.1 Å². The number of pyridine rings is 1. The van der Waals surface area contributed by atoms with Crippen LogP contribution in [0.2, 0.25) is 0 Å². The lowest BCUT2D eigenvalue weighted by Crippen LogP contribution is -1.96. The number of ether oxygens (including phenoxy) is 1. The van der Waals surface area contributed by atoms with Crippen LogP contribution in [0.5, 0.6) is 5.75 Å². The number of anilines is 2. The van der Waals surface area contributed by atoms with Crippen LogP contribution in [0, 0.1) is 6.92 Å². The van der Waals surface area contributed by atoms with E-state index >= 15 is 0 Å². The molecule has 7 nitrogen and oxygen atoms in total. The number of H-pyrrole nitrogens is 2. The molecular weight excluding hydrogens is 328 g/mol. The maximum Gasteiger partial charge on any atom is 0.159 e. The van der Waals surface area contributed by atoms with Gasteiger partial charge in [0.15, 0.2) is 5.82 Å². The number of methoxy groups -OCH3 is 1. The zero-order valence-corrected chi connectivity index (χ0v) is 14.3. The highest BCUT2D eigenvalue weighted by Gasteiger charge is 2.12. The van der Waals surface area contributed by atoms with Crippen molar-refractivity contribution in [3.63, 3.8) is 0 Å². The number of hydrogen-bond donors (Lipinski definition) is 3. The normalized spacial score (nSPS) is 11.5. The maximum atomic E-state index is 5.33. The molecule has 5 aromatic rings. The lowest BCUT2D eigenvalue weighted by atomic mass is 10.1. The Labute approximate surface area is 148 Å². The van der Waals surface area contributed by atoms with Crippen LogP contribution >= 0.6 is 0 Å². The molecular formula is C19H16N6O. The number of aryl methyl sites for hydroxylation is 1. The number of nitrogens with zero attached hydrogens (tertiary/aromatic N) is 3. The van der Waals surface area contributed by atoms with Crippen molar-refractivity contribution >= 4 is 44.3 Å². The van der Waals surface area contributed by atoms with Crippen molar-refractivity contribution in [1.82, 2.24) is 25.1 Å². The smallest absolute Gasteiger partial charge is 0.159 e. The molecule has 0 unspecified atom stereocenters. The first-order valence-electron chi connectivity index (χ1n) is 8.26. The Morgan fingerprint density at radius 3 is 2.77 bits per heavy atom. The summed E-state index contributed by atoms with van der Waals surface area (Å²) < 4.78 is 5.33. The van der Waals surface area contributed by atoms with Crippen molar-refractivity contribution < 1.29 is 4.74 Å². The minimum atomic E-state index is 0.703. The number of benzene rings is 2. The van der Waals surface area contributed by atoms with Gasteiger partial charge < -0.3 is 15.0 Å². The Balaban J connectivity index is 1.65. The average molecular weight is 344 g/mol. The highest BCUT2D eigenvalue weighted by molar-refractivity contribution is 6.09. The number of aromatic amines is 2. The van der Waals surface area contributed by atoms with Gasteiger partial charge in [0.25, 0.3) is 0 Å². The van der Waals surface area contributed by atoms with Gasteiger partial charge >= 0.3 is 0 Å². The van der Waals surface area contributed by atoms with Crippen molar-refractivity contribution in [2.45, 2.75) is 6.92 Å². The molecule has 0 saturated heterocycles. The van der Waals surface area contributed by atoms with Crippen molar-refractivity contribution in [2.75, 3.05) is 12.4 Å². The molecule has 3 aromatic heterocycles. The molecule has 0 radical (unpaired) electrons. The Kier molecular flexibility index (Phi) is 3.08. The molecule has 5 rings (SSSR count). The minimum absolute atomic E-state index is 0.703. The molecule has 26 heavy (non-hydrogen) atoms. The summed E-state index contributed by atoms with van der Waals surface area (Å²) in [6, 6.07) is 11.8. The average Bonchev–Trinajstić information content (AvgIpc) is 3.27. The molecule has 2 aromatic carbocycles. The molecule has 0 atom stereocenters. The highest BCUT2D eigenvalue weighted by Crippen LogP contribution is 2.32. The Morgan fingerprint density at radius 1 is 1.00 bits per heavy atom. The van der Waals surface area contributed by atoms with Gasteiger partial charge in [-0.2, -0.15) is 5.10 Å². The third-order valence-corrected chi connectivity index (χ3v) is 4.45. The van der Waals surface area contributed by atoms with Gasteiger partial charge in [-0.1, -0.05) is 0 Å². The fourth-order valence-corrected chi connectivity index (χ4v) is 3.24. The number of rotatable bonds is 3. The van der Waals surface area contributed by atoms with Gasteiger partial charge in [0.05, 0.1) is 23.7 Å². The zero-order valence-electron chi connectivity index (χ0n) is 14.3. The number of aromatic nitrogens is 5. The molecule has 0 spiro atoms. The van der Waals surface area contributed by atoms with Crippen LogP contribution in [0.4, 0.5) is 11.5 Å². The van der Waals surface area contributed by atoms with Gasteiger partial charge in [-0.05, 0) is 43.3 Å². The number of hydrogen-bond acceptors (Lipinski definition) is 5. The van der Waals surface area contributed by atoms with Crippen LogP contribution < -0.4 is 10.1 Å². The zero-order chi connectivity index (χ0) is 17.7. The van der Waals surface area contributed by atoms with Crippen molar-refractivity contribution in [3.8, 4) is 5.75 Å². The van der Waals surface area contributed by atoms with E-state index in [1.807, 2.05) is 49.5 Å². The van der Waals surface area contributed by atoms with Crippen LogP contribution in [-0.4, -0.2) is 32.3 Å². The van der Waals surface area contributed by atoms with E-state index in [2.05, 4.69) is 25.5 Å². The Hall–Kier alpha value is -3.61. The van der Waals surface area contributed by atoms with Crippen LogP contribution in [-0.2, 0) is 0 Å². The molecule has 0 aliphatic carbocycles. The van der Waals surface area contributed by atoms with E-state index in [1.165, 1.54) is 0 Å². The van der Waals surface area contributed by atoms with Gasteiger partial charge in [-0.3, -0.25) is 5.10 Å². The fraction of sp³-hybridized carbons (Fsp3) is 0.105. The summed E-state index contributed by atoms with van der Waals surface area (Å²) in [6.07, 6.45) is 1.88. The standard InChI is InChI=1S/C19H16N6O/c1-10-21-16-5-3-11(7-17(16)22-10)23-19-18-14(9-20-25-18)13-8-12(26-2)4-6-15(13)24-19/h3-9H,1-2H3,(H,20,25)(H,21,22)(H,23,24). The molecule has 0 aliphatic heterocycles. The fourth-order valence-electron chi connectivity index (χ4n) is 3.24. The number of fused-ring (bicyclic) bond motifs is 4. The van der Waals surface area contributed by atoms with Gasteiger partial charge in [0, 0.05) is 22.7 Å². The summed E-state index contributed by atoms with van der Waals surface area (Å²) in [5.41, 5.74) is 4.51. The van der Waals surface area contributed by atoms with Crippen LogP contribution in [0.3, 0.4) is 0 Å². The van der Waals surface area contributed by atoms with Gasteiger partial charge in [-0.15, -0.1) is 0 Å². The third kappa shape index (κ3) is 2.25. The second kappa shape index (κ2) is 5.45. The van der Waals surface area contributed by atoms with E-state index in [0.717, 1.165) is 50.1 Å². The molecule has 3 heterocycles. The van der Waals surface area contributed by atoms with Crippen molar-refractivity contribution in [3.05, 3.63) is 48.4 Å². The number of imidazole rings is 1. The van der Waals surface area contributed by atoms with Gasteiger partial charge in [-0.25, -0.2) is 9.97 Å². The second-order valence-corrected chi connectivity index (χ2v) is 6.17. The molecule has 0 amide bonds. The predicted molar refractivity (Wildman–Crippen MR) is 102 cm³/mol. The van der Waals surface area contributed by atoms with E-state index < -0.39 is 0 Å². The quantitative estimate of drug-likeness (QED) is 0.459. The monoisotopic (exact) mass is 344 g/mol. The molecule has 0 fully saturated rings. The maximum absolute atomic E-state index is 5.33. The van der Waals surface area contributed by atoms with Crippen LogP contribution in [0.15, 0.2) is 42.6 Å². The lowest BCUT2D eigenvalue weighted by Gasteiger charge is -2.09. The van der Waals surface area contributed by atoms with Crippen LogP contribution in [0.1, 0.15) is 5.82 Å². The van der Waals surface area contributed by atoms with Gasteiger partial charge in [0.2, 0.25) is 0 Å². The summed E-state index contributed by atoms with van der Waals surface area (Å²) in [5.74, 6) is 2.39.